The number of hydrogen-bond acceptors (Lipinski definition) is 2. The van der Waals surface area contributed by atoms with Gasteiger partial charge in [-0.15, -0.1) is 0 Å². The summed E-state index contributed by atoms with van der Waals surface area (Å²) in [5.41, 5.74) is 0. The zero-order valence-corrected chi connectivity index (χ0v) is 14.0. The van der Waals surface area contributed by atoms with E-state index in [2.05, 4.69) is 10.6 Å². The Bertz CT molecular complexity index is 306. The van der Waals surface area contributed by atoms with Crippen molar-refractivity contribution in [3.8, 4) is 0 Å². The van der Waals surface area contributed by atoms with E-state index in [1.54, 1.807) is 0 Å². The standard InChI is InChI=1S/C16H32N2O2.4CH4/c1-7-12(5)17-15(19)11(4)10-14(9-3)16(20)18-13(6)8-2;;;;/h11-14H,7-10H2,1-6H3,(H,17,19)(H,18,20);4*1H4. The monoisotopic (exact) mass is 348 g/mol. The van der Waals surface area contributed by atoms with E-state index >= 15 is 0 Å². The molecule has 0 radical (unpaired) electrons. The van der Waals surface area contributed by atoms with Gasteiger partial charge in [-0.25, -0.2) is 0 Å². The highest BCUT2D eigenvalue weighted by molar-refractivity contribution is 5.82. The Kier molecular flexibility index (Phi) is 26.1. The van der Waals surface area contributed by atoms with Crippen LogP contribution in [0.4, 0.5) is 0 Å². The fourth-order valence-electron chi connectivity index (χ4n) is 1.94. The minimum absolute atomic E-state index is 0. The summed E-state index contributed by atoms with van der Waals surface area (Å²) in [4.78, 5) is 24.2. The smallest absolute Gasteiger partial charge is 0.223 e. The highest BCUT2D eigenvalue weighted by atomic mass is 16.2. The van der Waals surface area contributed by atoms with E-state index in [-0.39, 0.29) is 65.4 Å². The second-order valence-corrected chi connectivity index (χ2v) is 5.88. The normalized spacial score (nSPS) is 14.1. The van der Waals surface area contributed by atoms with Gasteiger partial charge in [0.05, 0.1) is 0 Å². The van der Waals surface area contributed by atoms with Crippen LogP contribution in [0.15, 0.2) is 0 Å². The van der Waals surface area contributed by atoms with Crippen molar-refractivity contribution in [3.05, 3.63) is 0 Å². The molecule has 0 aliphatic carbocycles. The summed E-state index contributed by atoms with van der Waals surface area (Å²) in [5, 5.41) is 5.99. The molecule has 0 aromatic carbocycles. The molecule has 0 aromatic rings. The zero-order chi connectivity index (χ0) is 15.7. The highest BCUT2D eigenvalue weighted by Crippen LogP contribution is 2.17. The Morgan fingerprint density at radius 3 is 1.42 bits per heavy atom. The van der Waals surface area contributed by atoms with Crippen LogP contribution in [-0.4, -0.2) is 23.9 Å². The lowest BCUT2D eigenvalue weighted by Gasteiger charge is -2.22. The number of carbonyl (C=O) groups is 2. The molecule has 0 rings (SSSR count). The average molecular weight is 349 g/mol. The molecule has 2 amide bonds. The largest absolute Gasteiger partial charge is 0.353 e. The molecule has 0 saturated heterocycles. The molecule has 0 bridgehead atoms. The third-order valence-corrected chi connectivity index (χ3v) is 3.95. The topological polar surface area (TPSA) is 58.2 Å². The van der Waals surface area contributed by atoms with Gasteiger partial charge in [-0.2, -0.15) is 0 Å². The highest BCUT2D eigenvalue weighted by Gasteiger charge is 2.24. The Labute approximate surface area is 153 Å². The summed E-state index contributed by atoms with van der Waals surface area (Å²) >= 11 is 0. The van der Waals surface area contributed by atoms with E-state index in [0.717, 1.165) is 19.3 Å². The third-order valence-electron chi connectivity index (χ3n) is 3.95. The van der Waals surface area contributed by atoms with E-state index in [9.17, 15) is 9.59 Å². The van der Waals surface area contributed by atoms with E-state index in [4.69, 9.17) is 0 Å². The molecule has 0 heterocycles. The first-order chi connectivity index (χ1) is 9.35. The molecule has 4 unspecified atom stereocenters. The molecular formula is C20H48N2O2. The first kappa shape index (κ1) is 34.3. The maximum atomic E-state index is 12.1. The summed E-state index contributed by atoms with van der Waals surface area (Å²) in [7, 11) is 0. The molecule has 150 valence electrons. The Balaban J connectivity index is -0.000000301. The number of carbonyl (C=O) groups excluding carboxylic acids is 2. The maximum Gasteiger partial charge on any atom is 0.223 e. The molecule has 4 heteroatoms. The lowest BCUT2D eigenvalue weighted by molar-refractivity contribution is -0.128. The predicted octanol–water partition coefficient (Wildman–Crippen LogP) is 5.41. The van der Waals surface area contributed by atoms with Crippen molar-refractivity contribution in [2.24, 2.45) is 11.8 Å². The summed E-state index contributed by atoms with van der Waals surface area (Å²) in [5.74, 6) is -0.0857. The number of hydrogen-bond donors (Lipinski definition) is 2. The lowest BCUT2D eigenvalue weighted by atomic mass is 9.92. The summed E-state index contributed by atoms with van der Waals surface area (Å²) in [6.45, 7) is 12.0. The van der Waals surface area contributed by atoms with Gasteiger partial charge in [0.25, 0.3) is 0 Å². The van der Waals surface area contributed by atoms with Crippen LogP contribution in [0.1, 0.15) is 96.9 Å². The van der Waals surface area contributed by atoms with Gasteiger partial charge in [0.15, 0.2) is 0 Å². The van der Waals surface area contributed by atoms with Crippen molar-refractivity contribution in [1.29, 1.82) is 0 Å². The van der Waals surface area contributed by atoms with Gasteiger partial charge >= 0.3 is 0 Å². The van der Waals surface area contributed by atoms with Crippen LogP contribution in [0.25, 0.3) is 0 Å². The van der Waals surface area contributed by atoms with Crippen molar-refractivity contribution in [1.82, 2.24) is 10.6 Å². The van der Waals surface area contributed by atoms with Crippen molar-refractivity contribution in [2.45, 2.75) is 109 Å². The van der Waals surface area contributed by atoms with Crippen molar-refractivity contribution in [3.63, 3.8) is 0 Å². The van der Waals surface area contributed by atoms with Gasteiger partial charge in [0, 0.05) is 23.9 Å². The summed E-state index contributed by atoms with van der Waals surface area (Å²) < 4.78 is 0. The third kappa shape index (κ3) is 13.4. The molecule has 0 fully saturated rings. The van der Waals surface area contributed by atoms with E-state index < -0.39 is 0 Å². The second kappa shape index (κ2) is 18.3. The van der Waals surface area contributed by atoms with E-state index in [1.807, 2.05) is 41.5 Å². The molecule has 0 saturated carbocycles. The Hall–Kier alpha value is -1.06. The summed E-state index contributed by atoms with van der Waals surface area (Å²) in [6.07, 6.45) is 3.22. The van der Waals surface area contributed by atoms with Crippen LogP contribution in [0.2, 0.25) is 0 Å². The number of rotatable bonds is 9. The fraction of sp³-hybridized carbons (Fsp3) is 0.900. The van der Waals surface area contributed by atoms with Gasteiger partial charge in [-0.05, 0) is 39.5 Å². The molecule has 4 atom stereocenters. The number of nitrogens with one attached hydrogen (secondary N) is 2. The van der Waals surface area contributed by atoms with Crippen LogP contribution in [0.3, 0.4) is 0 Å². The van der Waals surface area contributed by atoms with Gasteiger partial charge < -0.3 is 10.6 Å². The van der Waals surface area contributed by atoms with Crippen molar-refractivity contribution >= 4 is 11.8 Å². The maximum absolute atomic E-state index is 12.1. The summed E-state index contributed by atoms with van der Waals surface area (Å²) in [6, 6.07) is 0.389. The number of amides is 2. The SMILES string of the molecule is C.C.C.C.CCC(C)NC(=O)C(C)CC(CC)C(=O)NC(C)CC. The fourth-order valence-corrected chi connectivity index (χ4v) is 1.94. The van der Waals surface area contributed by atoms with Gasteiger partial charge in [0.2, 0.25) is 11.8 Å². The zero-order valence-electron chi connectivity index (χ0n) is 14.0. The minimum Gasteiger partial charge on any atom is -0.353 e. The molecule has 0 spiro atoms. The molecule has 2 N–H and O–H groups in total. The van der Waals surface area contributed by atoms with Crippen LogP contribution in [-0.2, 0) is 9.59 Å². The first-order valence-corrected chi connectivity index (χ1v) is 7.96. The van der Waals surface area contributed by atoms with E-state index in [0.29, 0.717) is 6.42 Å². The van der Waals surface area contributed by atoms with Crippen molar-refractivity contribution < 1.29 is 9.59 Å². The van der Waals surface area contributed by atoms with Crippen LogP contribution >= 0.6 is 0 Å². The Morgan fingerprint density at radius 2 is 1.08 bits per heavy atom. The van der Waals surface area contributed by atoms with Gasteiger partial charge in [-0.1, -0.05) is 57.4 Å². The van der Waals surface area contributed by atoms with Crippen molar-refractivity contribution in [2.75, 3.05) is 0 Å². The Morgan fingerprint density at radius 1 is 0.708 bits per heavy atom. The van der Waals surface area contributed by atoms with Gasteiger partial charge in [-0.3, -0.25) is 9.59 Å². The van der Waals surface area contributed by atoms with Crippen LogP contribution in [0.5, 0.6) is 0 Å². The molecule has 4 nitrogen and oxygen atoms in total. The average Bonchev–Trinajstić information content (AvgIpc) is 2.43. The van der Waals surface area contributed by atoms with Gasteiger partial charge in [0.1, 0.15) is 0 Å². The molecular weight excluding hydrogens is 300 g/mol. The van der Waals surface area contributed by atoms with E-state index in [1.165, 1.54) is 0 Å². The predicted molar refractivity (Wildman–Crippen MR) is 110 cm³/mol. The molecule has 0 aliphatic heterocycles. The molecule has 24 heavy (non-hydrogen) atoms. The lowest BCUT2D eigenvalue weighted by Crippen LogP contribution is -2.40. The minimum atomic E-state index is -0.128. The second-order valence-electron chi connectivity index (χ2n) is 5.88. The van der Waals surface area contributed by atoms with Crippen LogP contribution < -0.4 is 10.6 Å². The first-order valence-electron chi connectivity index (χ1n) is 7.96. The molecule has 0 aromatic heterocycles. The molecule has 0 aliphatic rings. The quantitative estimate of drug-likeness (QED) is 0.585. The van der Waals surface area contributed by atoms with Crippen LogP contribution in [0, 0.1) is 11.8 Å².